The van der Waals surface area contributed by atoms with E-state index in [0.29, 0.717) is 45.1 Å². The van der Waals surface area contributed by atoms with Crippen LogP contribution in [0.3, 0.4) is 0 Å². The van der Waals surface area contributed by atoms with Gasteiger partial charge in [0.05, 0.1) is 11.4 Å². The van der Waals surface area contributed by atoms with Gasteiger partial charge in [-0.2, -0.15) is 5.10 Å². The molecular formula is C24H18Cl3N3O. The monoisotopic (exact) mass is 469 g/mol. The Morgan fingerprint density at radius 1 is 0.871 bits per heavy atom. The van der Waals surface area contributed by atoms with E-state index in [0.717, 1.165) is 11.1 Å². The predicted molar refractivity (Wildman–Crippen MR) is 127 cm³/mol. The molecule has 0 aliphatic carbocycles. The molecule has 4 rings (SSSR count). The molecule has 0 bridgehead atoms. The second-order valence-corrected chi connectivity index (χ2v) is 8.19. The summed E-state index contributed by atoms with van der Waals surface area (Å²) in [5.74, 6) is -0.236. The molecule has 0 aliphatic rings. The molecule has 0 saturated carbocycles. The van der Waals surface area contributed by atoms with E-state index in [2.05, 4.69) is 10.4 Å². The SMILES string of the molecule is O=C(NCCc1ccc(Cl)cc1Cl)c1cc(-c2ccccc2)nn1-c1cccc(Cl)c1. The van der Waals surface area contributed by atoms with Crippen molar-refractivity contribution in [3.8, 4) is 16.9 Å². The van der Waals surface area contributed by atoms with Crippen LogP contribution in [0.5, 0.6) is 0 Å². The van der Waals surface area contributed by atoms with Crippen LogP contribution in [0.4, 0.5) is 0 Å². The number of halogens is 3. The van der Waals surface area contributed by atoms with Gasteiger partial charge in [0.15, 0.2) is 0 Å². The quantitative estimate of drug-likeness (QED) is 0.351. The zero-order chi connectivity index (χ0) is 21.8. The van der Waals surface area contributed by atoms with Crippen molar-refractivity contribution >= 4 is 40.7 Å². The van der Waals surface area contributed by atoms with Gasteiger partial charge in [0.2, 0.25) is 0 Å². The van der Waals surface area contributed by atoms with Crippen molar-refractivity contribution in [1.29, 1.82) is 0 Å². The van der Waals surface area contributed by atoms with Crippen LogP contribution in [0, 0.1) is 0 Å². The Hall–Kier alpha value is -2.79. The van der Waals surface area contributed by atoms with E-state index >= 15 is 0 Å². The molecule has 0 spiro atoms. The number of nitrogens with one attached hydrogen (secondary N) is 1. The summed E-state index contributed by atoms with van der Waals surface area (Å²) < 4.78 is 1.61. The highest BCUT2D eigenvalue weighted by Gasteiger charge is 2.18. The van der Waals surface area contributed by atoms with Gasteiger partial charge in [-0.05, 0) is 48.4 Å². The fraction of sp³-hybridized carbons (Fsp3) is 0.0833. The number of benzene rings is 3. The maximum Gasteiger partial charge on any atom is 0.270 e. The third kappa shape index (κ3) is 5.10. The maximum atomic E-state index is 13.0. The third-order valence-electron chi connectivity index (χ3n) is 4.76. The van der Waals surface area contributed by atoms with Gasteiger partial charge in [-0.1, -0.05) is 77.3 Å². The second-order valence-electron chi connectivity index (χ2n) is 6.91. The summed E-state index contributed by atoms with van der Waals surface area (Å²) in [6, 6.07) is 24.1. The van der Waals surface area contributed by atoms with Crippen molar-refractivity contribution in [2.75, 3.05) is 6.54 Å². The fourth-order valence-electron chi connectivity index (χ4n) is 3.22. The standard InChI is InChI=1S/C24H18Cl3N3O/c25-18-7-4-8-20(13-18)30-23(15-22(29-30)17-5-2-1-3-6-17)24(31)28-12-11-16-9-10-19(26)14-21(16)27/h1-10,13-15H,11-12H2,(H,28,31). The van der Waals surface area contributed by atoms with Crippen molar-refractivity contribution in [3.05, 3.63) is 105 Å². The first-order chi connectivity index (χ1) is 15.0. The van der Waals surface area contributed by atoms with Crippen molar-refractivity contribution in [3.63, 3.8) is 0 Å². The Bertz CT molecular complexity index is 1220. The summed E-state index contributed by atoms with van der Waals surface area (Å²) in [6.07, 6.45) is 0.582. The molecule has 0 fully saturated rings. The number of rotatable bonds is 6. The molecule has 0 unspecified atom stereocenters. The maximum absolute atomic E-state index is 13.0. The summed E-state index contributed by atoms with van der Waals surface area (Å²) in [6.45, 7) is 0.418. The van der Waals surface area contributed by atoms with E-state index in [4.69, 9.17) is 34.8 Å². The zero-order valence-corrected chi connectivity index (χ0v) is 18.6. The van der Waals surface area contributed by atoms with Crippen LogP contribution in [-0.4, -0.2) is 22.2 Å². The molecular weight excluding hydrogens is 453 g/mol. The highest BCUT2D eigenvalue weighted by atomic mass is 35.5. The van der Waals surface area contributed by atoms with Crippen LogP contribution in [-0.2, 0) is 6.42 Å². The Labute approximate surface area is 195 Å². The van der Waals surface area contributed by atoms with Crippen molar-refractivity contribution < 1.29 is 4.79 Å². The first kappa shape index (κ1) is 21.4. The first-order valence-electron chi connectivity index (χ1n) is 9.65. The van der Waals surface area contributed by atoms with E-state index < -0.39 is 0 Å². The molecule has 1 aromatic heterocycles. The van der Waals surface area contributed by atoms with Gasteiger partial charge >= 0.3 is 0 Å². The first-order valence-corrected chi connectivity index (χ1v) is 10.8. The molecule has 4 aromatic rings. The molecule has 0 aliphatic heterocycles. The number of hydrogen-bond acceptors (Lipinski definition) is 2. The normalized spacial score (nSPS) is 10.8. The van der Waals surface area contributed by atoms with Gasteiger partial charge in [0, 0.05) is 27.2 Å². The summed E-state index contributed by atoms with van der Waals surface area (Å²) in [4.78, 5) is 13.0. The lowest BCUT2D eigenvalue weighted by molar-refractivity contribution is 0.0946. The molecule has 1 heterocycles. The van der Waals surface area contributed by atoms with Crippen LogP contribution in [0.2, 0.25) is 15.1 Å². The largest absolute Gasteiger partial charge is 0.350 e. The van der Waals surface area contributed by atoms with E-state index in [1.807, 2.05) is 48.5 Å². The molecule has 1 amide bonds. The number of carbonyl (C=O) groups is 1. The van der Waals surface area contributed by atoms with Crippen LogP contribution in [0.25, 0.3) is 16.9 Å². The Morgan fingerprint density at radius 2 is 1.65 bits per heavy atom. The van der Waals surface area contributed by atoms with Crippen LogP contribution in [0.15, 0.2) is 78.9 Å². The molecule has 7 heteroatoms. The molecule has 0 radical (unpaired) electrons. The topological polar surface area (TPSA) is 46.9 Å². The smallest absolute Gasteiger partial charge is 0.270 e. The lowest BCUT2D eigenvalue weighted by atomic mass is 10.1. The highest BCUT2D eigenvalue weighted by molar-refractivity contribution is 6.35. The van der Waals surface area contributed by atoms with Crippen LogP contribution in [0.1, 0.15) is 16.1 Å². The molecule has 31 heavy (non-hydrogen) atoms. The van der Waals surface area contributed by atoms with E-state index in [9.17, 15) is 4.79 Å². The summed E-state index contributed by atoms with van der Waals surface area (Å²) >= 11 is 18.3. The predicted octanol–water partition coefficient (Wildman–Crippen LogP) is 6.47. The minimum Gasteiger partial charge on any atom is -0.350 e. The minimum absolute atomic E-state index is 0.236. The number of nitrogens with zero attached hydrogens (tertiary/aromatic N) is 2. The highest BCUT2D eigenvalue weighted by Crippen LogP contribution is 2.24. The van der Waals surface area contributed by atoms with Crippen molar-refractivity contribution in [1.82, 2.24) is 15.1 Å². The average Bonchev–Trinajstić information content (AvgIpc) is 3.21. The number of carbonyl (C=O) groups excluding carboxylic acids is 1. The third-order valence-corrected chi connectivity index (χ3v) is 5.58. The van der Waals surface area contributed by atoms with Crippen LogP contribution < -0.4 is 5.32 Å². The number of amides is 1. The lowest BCUT2D eigenvalue weighted by Crippen LogP contribution is -2.27. The van der Waals surface area contributed by atoms with E-state index in [-0.39, 0.29) is 5.91 Å². The van der Waals surface area contributed by atoms with Gasteiger partial charge in [0.25, 0.3) is 5.91 Å². The molecule has 0 atom stereocenters. The minimum atomic E-state index is -0.236. The summed E-state index contributed by atoms with van der Waals surface area (Å²) in [5.41, 5.74) is 3.67. The molecule has 4 nitrogen and oxygen atoms in total. The molecule has 1 N–H and O–H groups in total. The summed E-state index contributed by atoms with van der Waals surface area (Å²) in [7, 11) is 0. The number of aromatic nitrogens is 2. The Balaban J connectivity index is 1.59. The van der Waals surface area contributed by atoms with Crippen molar-refractivity contribution in [2.24, 2.45) is 0 Å². The fourth-order valence-corrected chi connectivity index (χ4v) is 3.91. The van der Waals surface area contributed by atoms with Crippen molar-refractivity contribution in [2.45, 2.75) is 6.42 Å². The zero-order valence-electron chi connectivity index (χ0n) is 16.4. The molecule has 0 saturated heterocycles. The van der Waals surface area contributed by atoms with Gasteiger partial charge < -0.3 is 5.32 Å². The second kappa shape index (κ2) is 9.56. The molecule has 3 aromatic carbocycles. The number of hydrogen-bond donors (Lipinski definition) is 1. The Morgan fingerprint density at radius 3 is 2.39 bits per heavy atom. The van der Waals surface area contributed by atoms with E-state index in [1.165, 1.54) is 0 Å². The van der Waals surface area contributed by atoms with Gasteiger partial charge in [-0.25, -0.2) is 4.68 Å². The van der Waals surface area contributed by atoms with Crippen LogP contribution >= 0.6 is 34.8 Å². The lowest BCUT2D eigenvalue weighted by Gasteiger charge is -2.09. The van der Waals surface area contributed by atoms with Gasteiger partial charge in [-0.15, -0.1) is 0 Å². The summed E-state index contributed by atoms with van der Waals surface area (Å²) in [5, 5.41) is 9.35. The van der Waals surface area contributed by atoms with E-state index in [1.54, 1.807) is 35.0 Å². The Kier molecular flexibility index (Phi) is 6.62. The average molecular weight is 471 g/mol. The molecule has 156 valence electrons. The van der Waals surface area contributed by atoms with Gasteiger partial charge in [-0.3, -0.25) is 4.79 Å². The van der Waals surface area contributed by atoms with Gasteiger partial charge in [0.1, 0.15) is 5.69 Å².